The summed E-state index contributed by atoms with van der Waals surface area (Å²) in [5.74, 6) is 0.268. The number of nitrogens with zero attached hydrogens (tertiary/aromatic N) is 5. The normalized spacial score (nSPS) is 19.3. The van der Waals surface area contributed by atoms with Crippen LogP contribution in [0.5, 0.6) is 0 Å². The first-order valence-corrected chi connectivity index (χ1v) is 13.9. The minimum absolute atomic E-state index is 0.169. The molecule has 0 N–H and O–H groups in total. The third-order valence-electron chi connectivity index (χ3n) is 8.26. The highest BCUT2D eigenvalue weighted by atomic mass is 35.5. The second-order valence-electron chi connectivity index (χ2n) is 10.4. The van der Waals surface area contributed by atoms with Gasteiger partial charge in [0.05, 0.1) is 15.6 Å². The first kappa shape index (κ1) is 23.9. The Balaban J connectivity index is 1.28. The fourth-order valence-electron chi connectivity index (χ4n) is 6.36. The van der Waals surface area contributed by atoms with Crippen LogP contribution in [0.4, 0.5) is 11.4 Å². The maximum Gasteiger partial charge on any atom is 0.264 e. The van der Waals surface area contributed by atoms with E-state index in [0.29, 0.717) is 45.2 Å². The molecule has 2 saturated heterocycles. The zero-order valence-electron chi connectivity index (χ0n) is 21.1. The van der Waals surface area contributed by atoms with E-state index in [1.807, 2.05) is 11.1 Å². The Bertz CT molecular complexity index is 1560. The van der Waals surface area contributed by atoms with Gasteiger partial charge in [0.1, 0.15) is 17.0 Å². The number of benzene rings is 2. The van der Waals surface area contributed by atoms with E-state index in [1.165, 1.54) is 25.1 Å². The Morgan fingerprint density at radius 1 is 1.05 bits per heavy atom. The number of piperazine rings is 1. The van der Waals surface area contributed by atoms with Gasteiger partial charge >= 0.3 is 0 Å². The predicted octanol–water partition coefficient (Wildman–Crippen LogP) is 5.99. The predicted molar refractivity (Wildman–Crippen MR) is 151 cm³/mol. The van der Waals surface area contributed by atoms with Crippen molar-refractivity contribution in [1.82, 2.24) is 15.0 Å². The van der Waals surface area contributed by atoms with E-state index >= 15 is 0 Å². The molecule has 1 amide bonds. The van der Waals surface area contributed by atoms with Crippen LogP contribution in [0.3, 0.4) is 0 Å². The summed E-state index contributed by atoms with van der Waals surface area (Å²) >= 11 is 13.0. The Morgan fingerprint density at radius 2 is 1.89 bits per heavy atom. The minimum Gasteiger partial charge on any atom is -0.368 e. The topological polar surface area (TPSA) is 65.7 Å². The molecule has 0 radical (unpaired) electrons. The minimum atomic E-state index is -0.169. The van der Waals surface area contributed by atoms with Crippen molar-refractivity contribution in [3.8, 4) is 11.3 Å². The maximum absolute atomic E-state index is 14.1. The number of amides is 1. The number of carbonyl (C=O) groups excluding carboxylic acids is 1. The number of anilines is 2. The molecule has 7 rings (SSSR count). The summed E-state index contributed by atoms with van der Waals surface area (Å²) in [4.78, 5) is 25.7. The lowest BCUT2D eigenvalue weighted by molar-refractivity contribution is 0.0988. The van der Waals surface area contributed by atoms with Gasteiger partial charge in [0.25, 0.3) is 5.91 Å². The lowest BCUT2D eigenvalue weighted by atomic mass is 10.0. The lowest BCUT2D eigenvalue weighted by Gasteiger charge is -2.39. The van der Waals surface area contributed by atoms with Crippen LogP contribution >= 0.6 is 23.2 Å². The highest BCUT2D eigenvalue weighted by Crippen LogP contribution is 2.41. The smallest absolute Gasteiger partial charge is 0.264 e. The molecular weight excluding hydrogens is 521 g/mol. The van der Waals surface area contributed by atoms with Crippen molar-refractivity contribution in [2.45, 2.75) is 32.2 Å². The molecule has 2 aromatic heterocycles. The number of halogens is 2. The van der Waals surface area contributed by atoms with Crippen LogP contribution < -0.4 is 9.80 Å². The summed E-state index contributed by atoms with van der Waals surface area (Å²) in [6.07, 6.45) is 5.20. The van der Waals surface area contributed by atoms with Crippen LogP contribution in [-0.2, 0) is 6.42 Å². The highest BCUT2D eigenvalue weighted by molar-refractivity contribution is 6.39. The Morgan fingerprint density at radius 3 is 2.74 bits per heavy atom. The lowest BCUT2D eigenvalue weighted by Crippen LogP contribution is -2.50. The van der Waals surface area contributed by atoms with Gasteiger partial charge < -0.3 is 14.3 Å². The van der Waals surface area contributed by atoms with Crippen LogP contribution in [-0.4, -0.2) is 59.7 Å². The third-order valence-corrected chi connectivity index (χ3v) is 8.89. The summed E-state index contributed by atoms with van der Waals surface area (Å²) in [6.45, 7) is 6.64. The molecule has 0 bridgehead atoms. The standard InChI is InChI=1S/C29H27Cl2N5O2/c1-17-26(28(33-38-17)27-21(30)5-2-6-22(27)31)29(37)36-11-8-18-14-23-20(15-25(18)36)24(7-9-32-23)35-13-12-34-10-3-4-19(34)16-35/h2,5-7,9,14-15,19H,3-4,8,10-13,16H2,1H3/t19-/m0/s1. The molecule has 7 nitrogen and oxygen atoms in total. The van der Waals surface area contributed by atoms with Gasteiger partial charge in [0, 0.05) is 60.7 Å². The SMILES string of the molecule is Cc1onc(-c2c(Cl)cccc2Cl)c1C(=O)N1CCc2cc3nccc(N4CCN5CCC[C@H]5C4)c3cc21. The van der Waals surface area contributed by atoms with Gasteiger partial charge in [-0.15, -0.1) is 0 Å². The van der Waals surface area contributed by atoms with Crippen LogP contribution in [0.15, 0.2) is 47.1 Å². The molecule has 9 heteroatoms. The number of aromatic nitrogens is 2. The first-order valence-electron chi connectivity index (χ1n) is 13.1. The molecule has 0 spiro atoms. The Labute approximate surface area is 230 Å². The quantitative estimate of drug-likeness (QED) is 0.313. The number of carbonyl (C=O) groups is 1. The second kappa shape index (κ2) is 9.26. The summed E-state index contributed by atoms with van der Waals surface area (Å²) in [5, 5.41) is 6.12. The molecule has 194 valence electrons. The zero-order valence-corrected chi connectivity index (χ0v) is 22.6. The van der Waals surface area contributed by atoms with Crippen LogP contribution in [0.2, 0.25) is 10.0 Å². The molecule has 0 saturated carbocycles. The van der Waals surface area contributed by atoms with E-state index in [0.717, 1.165) is 48.2 Å². The number of rotatable bonds is 3. The molecule has 5 heterocycles. The Hall–Kier alpha value is -3.13. The molecular formula is C29H27Cl2N5O2. The molecule has 2 fully saturated rings. The summed E-state index contributed by atoms with van der Waals surface area (Å²) in [5.41, 5.74) is 5.44. The van der Waals surface area contributed by atoms with Crippen molar-refractivity contribution in [3.63, 3.8) is 0 Å². The highest BCUT2D eigenvalue weighted by Gasteiger charge is 2.34. The molecule has 0 unspecified atom stereocenters. The van der Waals surface area contributed by atoms with Crippen molar-refractivity contribution in [3.05, 3.63) is 69.5 Å². The molecule has 0 aliphatic carbocycles. The van der Waals surface area contributed by atoms with Crippen molar-refractivity contribution in [2.75, 3.05) is 42.5 Å². The molecule has 38 heavy (non-hydrogen) atoms. The van der Waals surface area contributed by atoms with Crippen molar-refractivity contribution in [2.24, 2.45) is 0 Å². The number of hydrogen-bond acceptors (Lipinski definition) is 6. The summed E-state index contributed by atoms with van der Waals surface area (Å²) < 4.78 is 5.50. The fraction of sp³-hybridized carbons (Fsp3) is 0.345. The van der Waals surface area contributed by atoms with E-state index < -0.39 is 0 Å². The third kappa shape index (κ3) is 3.79. The van der Waals surface area contributed by atoms with Crippen LogP contribution in [0.25, 0.3) is 22.2 Å². The number of aryl methyl sites for hydroxylation is 1. The monoisotopic (exact) mass is 547 g/mol. The molecule has 3 aliphatic rings. The van der Waals surface area contributed by atoms with Crippen molar-refractivity contribution < 1.29 is 9.32 Å². The maximum atomic E-state index is 14.1. The summed E-state index contributed by atoms with van der Waals surface area (Å²) in [6, 6.07) is 12.2. The van der Waals surface area contributed by atoms with E-state index in [9.17, 15) is 4.79 Å². The van der Waals surface area contributed by atoms with Gasteiger partial charge in [-0.05, 0) is 68.6 Å². The van der Waals surface area contributed by atoms with Crippen molar-refractivity contribution in [1.29, 1.82) is 0 Å². The number of hydrogen-bond donors (Lipinski definition) is 0. The average molecular weight is 548 g/mol. The molecule has 3 aliphatic heterocycles. The largest absolute Gasteiger partial charge is 0.368 e. The van der Waals surface area contributed by atoms with Gasteiger partial charge in [0.2, 0.25) is 0 Å². The molecule has 1 atom stereocenters. The average Bonchev–Trinajstić information content (AvgIpc) is 3.64. The van der Waals surface area contributed by atoms with Gasteiger partial charge in [0.15, 0.2) is 0 Å². The Kier molecular flexibility index (Phi) is 5.83. The van der Waals surface area contributed by atoms with E-state index in [4.69, 9.17) is 32.7 Å². The van der Waals surface area contributed by atoms with Crippen LogP contribution in [0.1, 0.15) is 34.5 Å². The second-order valence-corrected chi connectivity index (χ2v) is 11.2. The van der Waals surface area contributed by atoms with Gasteiger partial charge in [-0.25, -0.2) is 0 Å². The number of fused-ring (bicyclic) bond motifs is 3. The zero-order chi connectivity index (χ0) is 26.0. The van der Waals surface area contributed by atoms with E-state index in [-0.39, 0.29) is 5.91 Å². The number of pyridine rings is 1. The van der Waals surface area contributed by atoms with Gasteiger partial charge in [-0.3, -0.25) is 14.7 Å². The molecule has 4 aromatic rings. The van der Waals surface area contributed by atoms with Gasteiger partial charge in [-0.1, -0.05) is 34.4 Å². The van der Waals surface area contributed by atoms with E-state index in [1.54, 1.807) is 25.1 Å². The van der Waals surface area contributed by atoms with Crippen molar-refractivity contribution >= 4 is 51.4 Å². The van der Waals surface area contributed by atoms with Gasteiger partial charge in [-0.2, -0.15) is 0 Å². The fourth-order valence-corrected chi connectivity index (χ4v) is 6.94. The summed E-state index contributed by atoms with van der Waals surface area (Å²) in [7, 11) is 0. The van der Waals surface area contributed by atoms with Crippen LogP contribution in [0, 0.1) is 6.92 Å². The van der Waals surface area contributed by atoms with E-state index in [2.05, 4.69) is 33.2 Å². The first-order chi connectivity index (χ1) is 18.5. The molecule has 2 aromatic carbocycles.